The number of nitrogens with one attached hydrogen (secondary N) is 1. The van der Waals surface area contributed by atoms with Crippen LogP contribution < -0.4 is 5.32 Å². The molecule has 2 saturated carbocycles. The maximum atomic E-state index is 11.1. The van der Waals surface area contributed by atoms with Gasteiger partial charge in [0.25, 0.3) is 0 Å². The van der Waals surface area contributed by atoms with Gasteiger partial charge in [0, 0.05) is 0 Å². The predicted molar refractivity (Wildman–Crippen MR) is 76.1 cm³/mol. The second-order valence-corrected chi connectivity index (χ2v) is 6.28. The van der Waals surface area contributed by atoms with Crippen molar-refractivity contribution < 1.29 is 20.1 Å². The Morgan fingerprint density at radius 3 is 2.76 bits per heavy atom. The summed E-state index contributed by atoms with van der Waals surface area (Å²) in [5.74, 6) is 0.0609. The molecule has 0 bridgehead atoms. The quantitative estimate of drug-likeness (QED) is 0.298. The summed E-state index contributed by atoms with van der Waals surface area (Å²) < 4.78 is 5.02. The molecule has 120 valence electrons. The minimum atomic E-state index is -1.36. The van der Waals surface area contributed by atoms with Crippen LogP contribution in [0.5, 0.6) is 0 Å². The Labute approximate surface area is 124 Å². The summed E-state index contributed by atoms with van der Waals surface area (Å²) in [6.07, 6.45) is -0.472. The molecule has 0 aromatic heterocycles. The molecule has 0 saturated heterocycles. The van der Waals surface area contributed by atoms with E-state index in [1.54, 1.807) is 0 Å². The average molecular weight is 300 g/mol. The van der Waals surface area contributed by atoms with E-state index in [1.165, 1.54) is 6.08 Å². The summed E-state index contributed by atoms with van der Waals surface area (Å²) in [6, 6.07) is -1.85. The lowest BCUT2D eigenvalue weighted by molar-refractivity contribution is -0.137. The molecule has 7 heteroatoms. The Bertz CT molecular complexity index is 405. The van der Waals surface area contributed by atoms with Crippen molar-refractivity contribution >= 4 is 0 Å². The fourth-order valence-electron chi connectivity index (χ4n) is 3.89. The molecule has 4 unspecified atom stereocenters. The molecule has 2 aliphatic carbocycles. The van der Waals surface area contributed by atoms with Crippen LogP contribution in [0.3, 0.4) is 0 Å². The molecule has 21 heavy (non-hydrogen) atoms. The van der Waals surface area contributed by atoms with E-state index < -0.39 is 30.2 Å². The van der Waals surface area contributed by atoms with Gasteiger partial charge < -0.3 is 20.1 Å². The third-order valence-corrected chi connectivity index (χ3v) is 4.72. The zero-order valence-electron chi connectivity index (χ0n) is 12.3. The fourth-order valence-corrected chi connectivity index (χ4v) is 3.89. The van der Waals surface area contributed by atoms with E-state index >= 15 is 0 Å². The van der Waals surface area contributed by atoms with Crippen molar-refractivity contribution in [2.24, 2.45) is 22.9 Å². The maximum Gasteiger partial charge on any atom is 0.214 e. The fraction of sp³-hybridized carbons (Fsp3) is 0.857. The summed E-state index contributed by atoms with van der Waals surface area (Å²) in [5, 5.41) is 36.4. The number of nitrogens with zero attached hydrogens (tertiary/aromatic N) is 1. The first-order valence-corrected chi connectivity index (χ1v) is 7.27. The molecule has 7 atom stereocenters. The van der Waals surface area contributed by atoms with Gasteiger partial charge in [-0.15, -0.1) is 6.58 Å². The molecule has 0 aliphatic heterocycles. The Hall–Kier alpha value is -0.860. The van der Waals surface area contributed by atoms with Gasteiger partial charge >= 0.3 is 0 Å². The predicted octanol–water partition coefficient (Wildman–Crippen LogP) is -0.0442. The van der Waals surface area contributed by atoms with Gasteiger partial charge in [-0.25, -0.2) is 0 Å². The van der Waals surface area contributed by atoms with E-state index in [2.05, 4.69) is 17.1 Å². The maximum absolute atomic E-state index is 11.1. The molecule has 0 amide bonds. The number of aliphatic hydroxyl groups excluding tert-OH is 2. The zero-order valence-corrected chi connectivity index (χ0v) is 12.3. The van der Waals surface area contributed by atoms with Gasteiger partial charge in [-0.1, -0.05) is 25.1 Å². The molecule has 0 spiro atoms. The number of fused-ring (bicyclic) bond motifs is 1. The van der Waals surface area contributed by atoms with Crippen LogP contribution >= 0.6 is 0 Å². The molecule has 2 rings (SSSR count). The van der Waals surface area contributed by atoms with Gasteiger partial charge in [-0.2, -0.15) is 4.91 Å². The number of hydrogen-bond donors (Lipinski definition) is 4. The van der Waals surface area contributed by atoms with Crippen LogP contribution in [-0.2, 0) is 4.74 Å². The largest absolute Gasteiger partial charge is 0.391 e. The number of rotatable bonds is 7. The lowest BCUT2D eigenvalue weighted by Crippen LogP contribution is -2.60. The number of nitroso groups, excluding NO2 is 1. The van der Waals surface area contributed by atoms with Crippen molar-refractivity contribution in [3.63, 3.8) is 0 Å². The van der Waals surface area contributed by atoms with E-state index in [1.807, 2.05) is 13.8 Å². The van der Waals surface area contributed by atoms with Crippen LogP contribution in [0, 0.1) is 22.7 Å². The van der Waals surface area contributed by atoms with E-state index in [-0.39, 0.29) is 24.4 Å². The van der Waals surface area contributed by atoms with Crippen LogP contribution in [-0.4, -0.2) is 52.1 Å². The third kappa shape index (κ3) is 2.76. The molecule has 0 aromatic rings. The van der Waals surface area contributed by atoms with Gasteiger partial charge in [0.2, 0.25) is 6.41 Å². The molecular formula is C14H24N2O5. The van der Waals surface area contributed by atoms with Gasteiger partial charge in [0.15, 0.2) is 0 Å². The zero-order chi connectivity index (χ0) is 15.8. The van der Waals surface area contributed by atoms with Crippen LogP contribution in [0.1, 0.15) is 20.3 Å². The first-order valence-electron chi connectivity index (χ1n) is 7.27. The number of hydrogen-bond acceptors (Lipinski definition) is 7. The highest BCUT2D eigenvalue weighted by Crippen LogP contribution is 2.62. The third-order valence-electron chi connectivity index (χ3n) is 4.72. The lowest BCUT2D eigenvalue weighted by Gasteiger charge is -2.36. The summed E-state index contributed by atoms with van der Waals surface area (Å²) >= 11 is 0. The highest BCUT2D eigenvalue weighted by molar-refractivity contribution is 5.25. The van der Waals surface area contributed by atoms with Crippen molar-refractivity contribution in [1.82, 2.24) is 5.32 Å². The van der Waals surface area contributed by atoms with E-state index in [0.29, 0.717) is 6.42 Å². The smallest absolute Gasteiger partial charge is 0.214 e. The molecule has 0 heterocycles. The van der Waals surface area contributed by atoms with Gasteiger partial charge in [-0.3, -0.25) is 5.32 Å². The second kappa shape index (κ2) is 6.10. The van der Waals surface area contributed by atoms with Crippen molar-refractivity contribution in [3.8, 4) is 0 Å². The van der Waals surface area contributed by atoms with Crippen LogP contribution in [0.2, 0.25) is 0 Å². The van der Waals surface area contributed by atoms with Crippen LogP contribution in [0.25, 0.3) is 0 Å². The SMILES string of the molecule is C=CCOC(O)NC1[C@H](N=O)C(O)C[C@H]2[C@@H](C(C)C)C12O. The first kappa shape index (κ1) is 16.5. The minimum Gasteiger partial charge on any atom is -0.391 e. The first-order chi connectivity index (χ1) is 9.87. The van der Waals surface area contributed by atoms with E-state index in [9.17, 15) is 20.2 Å². The molecule has 7 nitrogen and oxygen atoms in total. The van der Waals surface area contributed by atoms with E-state index in [0.717, 1.165) is 0 Å². The highest BCUT2D eigenvalue weighted by Gasteiger charge is 2.73. The Morgan fingerprint density at radius 2 is 2.24 bits per heavy atom. The Kier molecular flexibility index (Phi) is 4.79. The summed E-state index contributed by atoms with van der Waals surface area (Å²) in [6.45, 7) is 7.57. The molecule has 0 aromatic carbocycles. The van der Waals surface area contributed by atoms with Crippen molar-refractivity contribution in [3.05, 3.63) is 17.6 Å². The van der Waals surface area contributed by atoms with Crippen molar-refractivity contribution in [2.45, 2.75) is 50.5 Å². The van der Waals surface area contributed by atoms with Crippen LogP contribution in [0.4, 0.5) is 0 Å². The van der Waals surface area contributed by atoms with Crippen molar-refractivity contribution in [1.29, 1.82) is 0 Å². The number of aliphatic hydroxyl groups is 3. The molecule has 4 N–H and O–H groups in total. The molecule has 2 fully saturated rings. The lowest BCUT2D eigenvalue weighted by atomic mass is 9.85. The highest BCUT2D eigenvalue weighted by atomic mass is 16.6. The molecular weight excluding hydrogens is 276 g/mol. The minimum absolute atomic E-state index is 0.0389. The summed E-state index contributed by atoms with van der Waals surface area (Å²) in [5.41, 5.74) is -1.15. The van der Waals surface area contributed by atoms with Gasteiger partial charge in [0.1, 0.15) is 6.04 Å². The summed E-state index contributed by atoms with van der Waals surface area (Å²) in [4.78, 5) is 11.1. The summed E-state index contributed by atoms with van der Waals surface area (Å²) in [7, 11) is 0. The monoisotopic (exact) mass is 300 g/mol. The van der Waals surface area contributed by atoms with Crippen molar-refractivity contribution in [2.75, 3.05) is 6.61 Å². The van der Waals surface area contributed by atoms with Gasteiger partial charge in [-0.05, 0) is 24.2 Å². The molecule has 2 aliphatic rings. The Balaban J connectivity index is 2.16. The topological polar surface area (TPSA) is 111 Å². The standard InChI is InChI=1S/C14H24N2O5/c1-4-5-21-13(18)15-12-11(16-20)9(17)6-8-10(7(2)3)14(8,12)19/h4,7-13,15,17-19H,1,5-6H2,2-3H3/t8-,9?,10+,11+,12?,13?,14?/m0/s1. The average Bonchev–Trinajstić information content (AvgIpc) is 3.02. The Morgan fingerprint density at radius 1 is 1.57 bits per heavy atom. The second-order valence-electron chi connectivity index (χ2n) is 6.28. The van der Waals surface area contributed by atoms with E-state index in [4.69, 9.17) is 4.74 Å². The van der Waals surface area contributed by atoms with Crippen LogP contribution in [0.15, 0.2) is 17.8 Å². The number of ether oxygens (including phenoxy) is 1. The van der Waals surface area contributed by atoms with Gasteiger partial charge in [0.05, 0.1) is 24.4 Å². The normalized spacial score (nSPS) is 43.2. The molecule has 0 radical (unpaired) electrons.